The topological polar surface area (TPSA) is 79.3 Å². The fourth-order valence-corrected chi connectivity index (χ4v) is 3.23. The van der Waals surface area contributed by atoms with Gasteiger partial charge in [-0.25, -0.2) is 9.78 Å². The van der Waals surface area contributed by atoms with Crippen molar-refractivity contribution < 1.29 is 14.7 Å². The molecule has 1 aromatic carbocycles. The van der Waals surface area contributed by atoms with E-state index < -0.39 is 5.97 Å². The van der Waals surface area contributed by atoms with Gasteiger partial charge in [0.15, 0.2) is 0 Å². The standard InChI is InChI=1S/C16H17ClN2O3S/c1-8(2)6-13-14(23-9(3)18-13)15(20)19-10-4-5-11(16(21)22)12(17)7-10/h4-5,7-8H,6H2,1-3H3,(H,19,20)(H,21,22). The summed E-state index contributed by atoms with van der Waals surface area (Å²) >= 11 is 7.26. The van der Waals surface area contributed by atoms with Crippen molar-refractivity contribution >= 4 is 40.5 Å². The second-order valence-electron chi connectivity index (χ2n) is 5.56. The number of benzene rings is 1. The molecule has 2 aromatic rings. The molecule has 0 bridgehead atoms. The van der Waals surface area contributed by atoms with Gasteiger partial charge < -0.3 is 10.4 Å². The van der Waals surface area contributed by atoms with E-state index in [0.29, 0.717) is 16.5 Å². The van der Waals surface area contributed by atoms with Crippen LogP contribution in [-0.4, -0.2) is 22.0 Å². The lowest BCUT2D eigenvalue weighted by Gasteiger charge is -2.08. The van der Waals surface area contributed by atoms with Gasteiger partial charge in [0.05, 0.1) is 21.3 Å². The summed E-state index contributed by atoms with van der Waals surface area (Å²) in [6, 6.07) is 4.31. The molecule has 122 valence electrons. The molecule has 0 spiro atoms. The van der Waals surface area contributed by atoms with Crippen molar-refractivity contribution in [3.63, 3.8) is 0 Å². The Labute approximate surface area is 143 Å². The van der Waals surface area contributed by atoms with Crippen LogP contribution >= 0.6 is 22.9 Å². The number of anilines is 1. The second-order valence-corrected chi connectivity index (χ2v) is 7.17. The van der Waals surface area contributed by atoms with E-state index in [2.05, 4.69) is 24.1 Å². The molecule has 23 heavy (non-hydrogen) atoms. The number of hydrogen-bond acceptors (Lipinski definition) is 4. The van der Waals surface area contributed by atoms with Gasteiger partial charge >= 0.3 is 5.97 Å². The zero-order valence-electron chi connectivity index (χ0n) is 13.0. The van der Waals surface area contributed by atoms with Crippen LogP contribution in [0.4, 0.5) is 5.69 Å². The Morgan fingerprint density at radius 3 is 2.65 bits per heavy atom. The highest BCUT2D eigenvalue weighted by Crippen LogP contribution is 2.24. The zero-order chi connectivity index (χ0) is 17.1. The predicted octanol–water partition coefficient (Wildman–Crippen LogP) is 4.25. The molecule has 0 radical (unpaired) electrons. The maximum absolute atomic E-state index is 12.5. The quantitative estimate of drug-likeness (QED) is 0.842. The molecule has 2 N–H and O–H groups in total. The molecular weight excluding hydrogens is 336 g/mol. The summed E-state index contributed by atoms with van der Waals surface area (Å²) in [7, 11) is 0. The number of nitrogens with one attached hydrogen (secondary N) is 1. The average Bonchev–Trinajstić information content (AvgIpc) is 2.78. The van der Waals surface area contributed by atoms with E-state index in [1.54, 1.807) is 0 Å². The highest BCUT2D eigenvalue weighted by molar-refractivity contribution is 7.13. The summed E-state index contributed by atoms with van der Waals surface area (Å²) in [5, 5.41) is 12.6. The van der Waals surface area contributed by atoms with Crippen LogP contribution in [0.2, 0.25) is 5.02 Å². The largest absolute Gasteiger partial charge is 0.478 e. The molecule has 1 amide bonds. The Kier molecular flexibility index (Phi) is 5.38. The fourth-order valence-electron chi connectivity index (χ4n) is 2.13. The smallest absolute Gasteiger partial charge is 0.337 e. The van der Waals surface area contributed by atoms with Gasteiger partial charge in [0, 0.05) is 5.69 Å². The van der Waals surface area contributed by atoms with Gasteiger partial charge in [-0.1, -0.05) is 25.4 Å². The first-order valence-corrected chi connectivity index (χ1v) is 8.28. The molecule has 0 aliphatic carbocycles. The number of carboxylic acids is 1. The Bertz CT molecular complexity index is 756. The van der Waals surface area contributed by atoms with E-state index in [1.807, 2.05) is 6.92 Å². The molecule has 0 fully saturated rings. The van der Waals surface area contributed by atoms with E-state index in [0.717, 1.165) is 17.1 Å². The highest BCUT2D eigenvalue weighted by Gasteiger charge is 2.18. The number of rotatable bonds is 5. The lowest BCUT2D eigenvalue weighted by Crippen LogP contribution is -2.13. The number of aryl methyl sites for hydroxylation is 1. The number of amides is 1. The average molecular weight is 353 g/mol. The normalized spacial score (nSPS) is 10.8. The molecule has 0 unspecified atom stereocenters. The van der Waals surface area contributed by atoms with E-state index in [-0.39, 0.29) is 16.5 Å². The number of aromatic carboxylic acids is 1. The number of carbonyl (C=O) groups is 2. The summed E-state index contributed by atoms with van der Waals surface area (Å²) in [6.07, 6.45) is 0.728. The molecule has 2 rings (SSSR count). The molecule has 1 heterocycles. The summed E-state index contributed by atoms with van der Waals surface area (Å²) in [4.78, 5) is 28.4. The molecule has 0 saturated heterocycles. The first-order valence-electron chi connectivity index (χ1n) is 7.08. The first-order chi connectivity index (χ1) is 10.8. The second kappa shape index (κ2) is 7.10. The van der Waals surface area contributed by atoms with Crippen molar-refractivity contribution in [2.45, 2.75) is 27.2 Å². The van der Waals surface area contributed by atoms with E-state index >= 15 is 0 Å². The molecular formula is C16H17ClN2O3S. The third-order valence-corrected chi connectivity index (χ3v) is 4.39. The van der Waals surface area contributed by atoms with Crippen LogP contribution in [0, 0.1) is 12.8 Å². The fraction of sp³-hybridized carbons (Fsp3) is 0.312. The lowest BCUT2D eigenvalue weighted by atomic mass is 10.1. The van der Waals surface area contributed by atoms with Gasteiger partial charge in [-0.2, -0.15) is 0 Å². The SMILES string of the molecule is Cc1nc(CC(C)C)c(C(=O)Nc2ccc(C(=O)O)c(Cl)c2)s1. The lowest BCUT2D eigenvalue weighted by molar-refractivity contribution is 0.0697. The summed E-state index contributed by atoms with van der Waals surface area (Å²) in [5.41, 5.74) is 1.23. The van der Waals surface area contributed by atoms with E-state index in [4.69, 9.17) is 16.7 Å². The van der Waals surface area contributed by atoms with Crippen LogP contribution in [0.1, 0.15) is 44.6 Å². The van der Waals surface area contributed by atoms with Gasteiger partial charge in [-0.05, 0) is 37.5 Å². The van der Waals surface area contributed by atoms with Crippen LogP contribution in [0.3, 0.4) is 0 Å². The monoisotopic (exact) mass is 352 g/mol. The Morgan fingerprint density at radius 1 is 1.39 bits per heavy atom. The van der Waals surface area contributed by atoms with Crippen molar-refractivity contribution in [3.8, 4) is 0 Å². The number of nitrogens with zero attached hydrogens (tertiary/aromatic N) is 1. The number of hydrogen-bond donors (Lipinski definition) is 2. The Balaban J connectivity index is 2.22. The summed E-state index contributed by atoms with van der Waals surface area (Å²) < 4.78 is 0. The molecule has 0 aliphatic rings. The first kappa shape index (κ1) is 17.4. The van der Waals surface area contributed by atoms with Crippen LogP contribution in [-0.2, 0) is 6.42 Å². The van der Waals surface area contributed by atoms with Crippen LogP contribution in [0.25, 0.3) is 0 Å². The predicted molar refractivity (Wildman–Crippen MR) is 91.8 cm³/mol. The molecule has 7 heteroatoms. The molecule has 0 aliphatic heterocycles. The summed E-state index contributed by atoms with van der Waals surface area (Å²) in [6.45, 7) is 6.01. The van der Waals surface area contributed by atoms with Gasteiger partial charge in [0.2, 0.25) is 0 Å². The number of thiazole rings is 1. The van der Waals surface area contributed by atoms with E-state index in [9.17, 15) is 9.59 Å². The third-order valence-electron chi connectivity index (χ3n) is 3.07. The molecule has 1 aromatic heterocycles. The third kappa shape index (κ3) is 4.30. The molecule has 0 saturated carbocycles. The number of aromatic nitrogens is 1. The van der Waals surface area contributed by atoms with Crippen molar-refractivity contribution in [2.24, 2.45) is 5.92 Å². The maximum Gasteiger partial charge on any atom is 0.337 e. The maximum atomic E-state index is 12.5. The van der Waals surface area contributed by atoms with Crippen LogP contribution in [0.15, 0.2) is 18.2 Å². The van der Waals surface area contributed by atoms with Crippen LogP contribution < -0.4 is 5.32 Å². The van der Waals surface area contributed by atoms with Crippen molar-refractivity contribution in [2.75, 3.05) is 5.32 Å². The molecule has 0 atom stereocenters. The number of carbonyl (C=O) groups excluding carboxylic acids is 1. The van der Waals surface area contributed by atoms with Crippen LogP contribution in [0.5, 0.6) is 0 Å². The van der Waals surface area contributed by atoms with Crippen molar-refractivity contribution in [1.82, 2.24) is 4.98 Å². The Hall–Kier alpha value is -1.92. The minimum absolute atomic E-state index is 0.00111. The number of carboxylic acid groups (broad SMARTS) is 1. The minimum atomic E-state index is -1.11. The summed E-state index contributed by atoms with van der Waals surface area (Å²) in [5.74, 6) is -0.970. The van der Waals surface area contributed by atoms with Crippen molar-refractivity contribution in [1.29, 1.82) is 0 Å². The van der Waals surface area contributed by atoms with Gasteiger partial charge in [-0.15, -0.1) is 11.3 Å². The van der Waals surface area contributed by atoms with Gasteiger partial charge in [0.25, 0.3) is 5.91 Å². The van der Waals surface area contributed by atoms with Gasteiger partial charge in [0.1, 0.15) is 4.88 Å². The number of halogens is 1. The minimum Gasteiger partial charge on any atom is -0.478 e. The highest BCUT2D eigenvalue weighted by atomic mass is 35.5. The molecule has 5 nitrogen and oxygen atoms in total. The Morgan fingerprint density at radius 2 is 2.09 bits per heavy atom. The van der Waals surface area contributed by atoms with Crippen molar-refractivity contribution in [3.05, 3.63) is 44.4 Å². The van der Waals surface area contributed by atoms with Gasteiger partial charge in [-0.3, -0.25) is 4.79 Å². The zero-order valence-corrected chi connectivity index (χ0v) is 14.6. The van der Waals surface area contributed by atoms with E-state index in [1.165, 1.54) is 29.5 Å².